The molecule has 19 heavy (non-hydrogen) atoms. The van der Waals surface area contributed by atoms with Crippen LogP contribution in [0.3, 0.4) is 0 Å². The number of hydrogen-bond acceptors (Lipinski definition) is 2. The van der Waals surface area contributed by atoms with Gasteiger partial charge in [-0.2, -0.15) is 0 Å². The number of rotatable bonds is 2. The van der Waals surface area contributed by atoms with Gasteiger partial charge in [0.05, 0.1) is 12.8 Å². The third kappa shape index (κ3) is 2.74. The molecule has 1 N–H and O–H groups in total. The van der Waals surface area contributed by atoms with E-state index in [1.54, 1.807) is 0 Å². The van der Waals surface area contributed by atoms with Crippen molar-refractivity contribution >= 4 is 23.0 Å². The van der Waals surface area contributed by atoms with Crippen LogP contribution in [-0.4, -0.2) is 28.9 Å². The van der Waals surface area contributed by atoms with Crippen molar-refractivity contribution in [2.75, 3.05) is 11.6 Å². The second kappa shape index (κ2) is 5.47. The first-order valence-corrected chi connectivity index (χ1v) is 7.22. The van der Waals surface area contributed by atoms with Gasteiger partial charge in [0.2, 0.25) is 0 Å². The molecular weight excluding hydrogens is 254 g/mol. The minimum Gasteiger partial charge on any atom is -0.349 e. The highest BCUT2D eigenvalue weighted by Crippen LogP contribution is 2.27. The molecule has 1 aromatic rings. The van der Waals surface area contributed by atoms with Gasteiger partial charge in [-0.3, -0.25) is 4.90 Å². The lowest BCUT2D eigenvalue weighted by molar-refractivity contribution is 0.151. The topological polar surface area (TPSA) is 18.5 Å². The summed E-state index contributed by atoms with van der Waals surface area (Å²) in [5.74, 6) is 0. The molecule has 0 aliphatic carbocycles. The Hall–Kier alpha value is -1.13. The summed E-state index contributed by atoms with van der Waals surface area (Å²) in [5, 5.41) is 4.13. The lowest BCUT2D eigenvalue weighted by Gasteiger charge is -2.46. The molecule has 0 spiro atoms. The van der Waals surface area contributed by atoms with Gasteiger partial charge in [0.15, 0.2) is 5.11 Å². The first kappa shape index (κ1) is 14.3. The zero-order chi connectivity index (χ0) is 14.2. The summed E-state index contributed by atoms with van der Waals surface area (Å²) in [6.07, 6.45) is 0.273. The number of nitrogens with zero attached hydrogens (tertiary/aromatic N) is 2. The summed E-state index contributed by atoms with van der Waals surface area (Å²) in [6, 6.07) is 7.00. The predicted molar refractivity (Wildman–Crippen MR) is 85.4 cm³/mol. The van der Waals surface area contributed by atoms with Crippen molar-refractivity contribution in [3.8, 4) is 0 Å². The Morgan fingerprint density at radius 1 is 1.32 bits per heavy atom. The fourth-order valence-electron chi connectivity index (χ4n) is 2.69. The third-order valence-corrected chi connectivity index (χ3v) is 4.10. The monoisotopic (exact) mass is 277 g/mol. The minimum absolute atomic E-state index is 0.273. The Labute approximate surface area is 121 Å². The van der Waals surface area contributed by atoms with E-state index in [4.69, 9.17) is 12.2 Å². The van der Waals surface area contributed by atoms with E-state index < -0.39 is 0 Å². The summed E-state index contributed by atoms with van der Waals surface area (Å²) in [7, 11) is 0. The van der Waals surface area contributed by atoms with E-state index in [-0.39, 0.29) is 6.17 Å². The molecule has 2 rings (SSSR count). The number of anilines is 1. The maximum absolute atomic E-state index is 5.51. The summed E-state index contributed by atoms with van der Waals surface area (Å²) < 4.78 is 0. The highest BCUT2D eigenvalue weighted by Gasteiger charge is 2.31. The van der Waals surface area contributed by atoms with Crippen LogP contribution < -0.4 is 10.2 Å². The standard InChI is InChI=1S/C15H23N3S/c1-10(2)17-9-16-15(19)18(13(17)5)14-7-6-11(3)8-12(14)4/h6-8,10,13H,9H2,1-5H3,(H,16,19). The number of thiocarbonyl (C=S) groups is 1. The lowest BCUT2D eigenvalue weighted by atomic mass is 10.1. The number of nitrogens with one attached hydrogen (secondary N) is 1. The highest BCUT2D eigenvalue weighted by atomic mass is 32.1. The van der Waals surface area contributed by atoms with Gasteiger partial charge in [0, 0.05) is 11.7 Å². The summed E-state index contributed by atoms with van der Waals surface area (Å²) >= 11 is 5.51. The van der Waals surface area contributed by atoms with Crippen LogP contribution in [0.2, 0.25) is 0 Å². The quantitative estimate of drug-likeness (QED) is 0.837. The molecule has 0 radical (unpaired) electrons. The van der Waals surface area contributed by atoms with Crippen molar-refractivity contribution in [2.45, 2.75) is 46.8 Å². The van der Waals surface area contributed by atoms with Crippen molar-refractivity contribution in [3.63, 3.8) is 0 Å². The van der Waals surface area contributed by atoms with Gasteiger partial charge in [-0.05, 0) is 58.5 Å². The van der Waals surface area contributed by atoms with E-state index in [2.05, 4.69) is 67.9 Å². The molecule has 1 unspecified atom stereocenters. The van der Waals surface area contributed by atoms with E-state index in [1.165, 1.54) is 16.8 Å². The Balaban J connectivity index is 2.37. The van der Waals surface area contributed by atoms with Crippen LogP contribution >= 0.6 is 12.2 Å². The van der Waals surface area contributed by atoms with Crippen molar-refractivity contribution in [1.82, 2.24) is 10.2 Å². The van der Waals surface area contributed by atoms with Gasteiger partial charge < -0.3 is 10.2 Å². The highest BCUT2D eigenvalue weighted by molar-refractivity contribution is 7.80. The lowest BCUT2D eigenvalue weighted by Crippen LogP contribution is -2.63. The molecular formula is C15H23N3S. The Kier molecular flexibility index (Phi) is 4.11. The predicted octanol–water partition coefficient (Wildman–Crippen LogP) is 3.01. The molecule has 1 aliphatic heterocycles. The van der Waals surface area contributed by atoms with E-state index in [9.17, 15) is 0 Å². The fourth-order valence-corrected chi connectivity index (χ4v) is 3.01. The average Bonchev–Trinajstić information content (AvgIpc) is 2.31. The molecule has 1 saturated heterocycles. The molecule has 3 nitrogen and oxygen atoms in total. The normalized spacial score (nSPS) is 20.8. The van der Waals surface area contributed by atoms with E-state index >= 15 is 0 Å². The maximum Gasteiger partial charge on any atom is 0.175 e. The number of benzene rings is 1. The molecule has 0 amide bonds. The van der Waals surface area contributed by atoms with Crippen molar-refractivity contribution in [3.05, 3.63) is 29.3 Å². The summed E-state index contributed by atoms with van der Waals surface area (Å²) in [5.41, 5.74) is 3.74. The van der Waals surface area contributed by atoms with Crippen molar-refractivity contribution < 1.29 is 0 Å². The van der Waals surface area contributed by atoms with E-state index in [1.807, 2.05) is 0 Å². The maximum atomic E-state index is 5.51. The minimum atomic E-state index is 0.273. The zero-order valence-corrected chi connectivity index (χ0v) is 13.2. The van der Waals surface area contributed by atoms with Crippen molar-refractivity contribution in [2.24, 2.45) is 0 Å². The van der Waals surface area contributed by atoms with Crippen LogP contribution in [0.1, 0.15) is 31.9 Å². The second-order valence-corrected chi connectivity index (χ2v) is 5.93. The van der Waals surface area contributed by atoms with Crippen LogP contribution in [0.25, 0.3) is 0 Å². The molecule has 1 aromatic carbocycles. The van der Waals surface area contributed by atoms with E-state index in [0.29, 0.717) is 6.04 Å². The number of aryl methyl sites for hydroxylation is 2. The average molecular weight is 277 g/mol. The molecule has 1 heterocycles. The van der Waals surface area contributed by atoms with Gasteiger partial charge in [0.25, 0.3) is 0 Å². The largest absolute Gasteiger partial charge is 0.349 e. The second-order valence-electron chi connectivity index (χ2n) is 5.54. The van der Waals surface area contributed by atoms with Crippen LogP contribution in [0.4, 0.5) is 5.69 Å². The van der Waals surface area contributed by atoms with Gasteiger partial charge in [-0.15, -0.1) is 0 Å². The SMILES string of the molecule is Cc1ccc(N2C(=S)NCN(C(C)C)C2C)c(C)c1. The molecule has 104 valence electrons. The summed E-state index contributed by atoms with van der Waals surface area (Å²) in [4.78, 5) is 4.61. The van der Waals surface area contributed by atoms with Crippen LogP contribution in [0.5, 0.6) is 0 Å². The Morgan fingerprint density at radius 3 is 2.58 bits per heavy atom. The molecule has 0 aromatic heterocycles. The molecule has 4 heteroatoms. The van der Waals surface area contributed by atoms with Crippen LogP contribution in [0.15, 0.2) is 18.2 Å². The molecule has 0 saturated carbocycles. The first-order chi connectivity index (χ1) is 8.91. The molecule has 0 bridgehead atoms. The molecule has 1 atom stereocenters. The third-order valence-electron chi connectivity index (χ3n) is 3.76. The van der Waals surface area contributed by atoms with Crippen LogP contribution in [0, 0.1) is 13.8 Å². The van der Waals surface area contributed by atoms with Gasteiger partial charge in [-0.25, -0.2) is 0 Å². The molecule has 1 fully saturated rings. The Morgan fingerprint density at radius 2 is 2.00 bits per heavy atom. The fraction of sp³-hybridized carbons (Fsp3) is 0.533. The molecule has 1 aliphatic rings. The van der Waals surface area contributed by atoms with Gasteiger partial charge in [-0.1, -0.05) is 17.7 Å². The first-order valence-electron chi connectivity index (χ1n) is 6.82. The van der Waals surface area contributed by atoms with Gasteiger partial charge >= 0.3 is 0 Å². The van der Waals surface area contributed by atoms with E-state index in [0.717, 1.165) is 11.8 Å². The smallest absolute Gasteiger partial charge is 0.175 e. The van der Waals surface area contributed by atoms with Crippen molar-refractivity contribution in [1.29, 1.82) is 0 Å². The number of hydrogen-bond donors (Lipinski definition) is 1. The zero-order valence-electron chi connectivity index (χ0n) is 12.4. The van der Waals surface area contributed by atoms with Crippen LogP contribution in [-0.2, 0) is 0 Å². The summed E-state index contributed by atoms with van der Waals surface area (Å²) in [6.45, 7) is 11.7. The van der Waals surface area contributed by atoms with Gasteiger partial charge in [0.1, 0.15) is 0 Å². The Bertz CT molecular complexity index is 484.